The zero-order chi connectivity index (χ0) is 12.0. The molecule has 16 heavy (non-hydrogen) atoms. The molecule has 1 unspecified atom stereocenters. The molecule has 1 N–H and O–H groups in total. The van der Waals surface area contributed by atoms with Crippen LogP contribution in [0.1, 0.15) is 25.8 Å². The van der Waals surface area contributed by atoms with Gasteiger partial charge < -0.3 is 19.4 Å². The number of ether oxygens (including phenoxy) is 1. The van der Waals surface area contributed by atoms with E-state index in [4.69, 9.17) is 9.15 Å². The van der Waals surface area contributed by atoms with Crippen LogP contribution in [0.3, 0.4) is 0 Å². The highest BCUT2D eigenvalue weighted by Gasteiger charge is 2.15. The first-order chi connectivity index (χ1) is 7.72. The van der Waals surface area contributed by atoms with E-state index in [-0.39, 0.29) is 6.04 Å². The van der Waals surface area contributed by atoms with Crippen LogP contribution in [0, 0.1) is 0 Å². The fourth-order valence-corrected chi connectivity index (χ4v) is 1.24. The molecule has 1 atom stereocenters. The summed E-state index contributed by atoms with van der Waals surface area (Å²) in [6, 6.07) is 0.624. The fraction of sp³-hybridized carbons (Fsp3) is 0.800. The van der Waals surface area contributed by atoms with E-state index in [1.165, 1.54) is 0 Å². The second kappa shape index (κ2) is 6.44. The van der Waals surface area contributed by atoms with E-state index in [1.807, 2.05) is 25.8 Å². The maximum absolute atomic E-state index is 5.57. The quantitative estimate of drug-likeness (QED) is 0.745. The fourth-order valence-electron chi connectivity index (χ4n) is 1.24. The van der Waals surface area contributed by atoms with Gasteiger partial charge in [-0.15, -0.1) is 5.10 Å². The molecular formula is C10H20N4O2. The van der Waals surface area contributed by atoms with Gasteiger partial charge in [-0.05, 0) is 20.9 Å². The molecule has 0 bridgehead atoms. The van der Waals surface area contributed by atoms with Gasteiger partial charge in [-0.1, -0.05) is 5.10 Å². The average molecular weight is 228 g/mol. The molecule has 0 radical (unpaired) electrons. The van der Waals surface area contributed by atoms with Gasteiger partial charge in [0.25, 0.3) is 0 Å². The van der Waals surface area contributed by atoms with Crippen LogP contribution in [0.15, 0.2) is 4.42 Å². The standard InChI is InChI=1S/C10H20N4O2/c1-5-14(6-7-15-4)10-13-12-9(16-10)8(2)11-3/h8,11H,5-7H2,1-4H3. The Hall–Kier alpha value is -1.14. The molecule has 0 amide bonds. The van der Waals surface area contributed by atoms with Crippen molar-refractivity contribution in [2.75, 3.05) is 38.8 Å². The summed E-state index contributed by atoms with van der Waals surface area (Å²) in [4.78, 5) is 1.99. The predicted octanol–water partition coefficient (Wildman–Crippen LogP) is 0.823. The third kappa shape index (κ3) is 3.18. The lowest BCUT2D eigenvalue weighted by molar-refractivity contribution is 0.204. The first kappa shape index (κ1) is 12.9. The summed E-state index contributed by atoms with van der Waals surface area (Å²) >= 11 is 0. The van der Waals surface area contributed by atoms with Gasteiger partial charge >= 0.3 is 6.01 Å². The van der Waals surface area contributed by atoms with E-state index in [0.717, 1.165) is 13.1 Å². The lowest BCUT2D eigenvalue weighted by Gasteiger charge is -2.16. The number of anilines is 1. The topological polar surface area (TPSA) is 63.4 Å². The zero-order valence-corrected chi connectivity index (χ0v) is 10.4. The van der Waals surface area contributed by atoms with Crippen molar-refractivity contribution >= 4 is 6.01 Å². The van der Waals surface area contributed by atoms with Crippen molar-refractivity contribution in [2.24, 2.45) is 0 Å². The minimum atomic E-state index is 0.0716. The monoisotopic (exact) mass is 228 g/mol. The lowest BCUT2D eigenvalue weighted by Crippen LogP contribution is -2.27. The van der Waals surface area contributed by atoms with Crippen molar-refractivity contribution in [2.45, 2.75) is 19.9 Å². The van der Waals surface area contributed by atoms with Crippen molar-refractivity contribution in [3.05, 3.63) is 5.89 Å². The van der Waals surface area contributed by atoms with E-state index in [2.05, 4.69) is 15.5 Å². The number of aromatic nitrogens is 2. The van der Waals surface area contributed by atoms with Crippen LogP contribution in [0.25, 0.3) is 0 Å². The summed E-state index contributed by atoms with van der Waals surface area (Å²) < 4.78 is 10.6. The molecule has 92 valence electrons. The molecule has 0 aromatic carbocycles. The Balaban J connectivity index is 2.66. The van der Waals surface area contributed by atoms with Gasteiger partial charge in [0.05, 0.1) is 12.6 Å². The molecule has 6 heteroatoms. The Bertz CT molecular complexity index is 303. The summed E-state index contributed by atoms with van der Waals surface area (Å²) in [6.07, 6.45) is 0. The third-order valence-electron chi connectivity index (χ3n) is 2.45. The summed E-state index contributed by atoms with van der Waals surface area (Å²) in [5.41, 5.74) is 0. The number of rotatable bonds is 7. The van der Waals surface area contributed by atoms with Crippen LogP contribution in [-0.2, 0) is 4.74 Å². The highest BCUT2D eigenvalue weighted by Crippen LogP contribution is 2.16. The molecule has 0 aliphatic carbocycles. The minimum Gasteiger partial charge on any atom is -0.406 e. The summed E-state index contributed by atoms with van der Waals surface area (Å²) in [5.74, 6) is 0.605. The van der Waals surface area contributed by atoms with Crippen LogP contribution in [0.2, 0.25) is 0 Å². The molecule has 0 fully saturated rings. The number of methoxy groups -OCH3 is 1. The van der Waals surface area contributed by atoms with Crippen LogP contribution in [0.4, 0.5) is 6.01 Å². The van der Waals surface area contributed by atoms with Crippen molar-refractivity contribution in [3.63, 3.8) is 0 Å². The maximum Gasteiger partial charge on any atom is 0.318 e. The van der Waals surface area contributed by atoms with Crippen molar-refractivity contribution in [3.8, 4) is 0 Å². The van der Waals surface area contributed by atoms with Crippen molar-refractivity contribution in [1.82, 2.24) is 15.5 Å². The van der Waals surface area contributed by atoms with Crippen molar-refractivity contribution in [1.29, 1.82) is 0 Å². The first-order valence-electron chi connectivity index (χ1n) is 5.47. The molecule has 0 saturated heterocycles. The molecule has 6 nitrogen and oxygen atoms in total. The Morgan fingerprint density at radius 2 is 2.25 bits per heavy atom. The van der Waals surface area contributed by atoms with E-state index < -0.39 is 0 Å². The number of hydrogen-bond acceptors (Lipinski definition) is 6. The number of hydrogen-bond donors (Lipinski definition) is 1. The number of nitrogens with zero attached hydrogens (tertiary/aromatic N) is 3. The number of nitrogens with one attached hydrogen (secondary N) is 1. The molecule has 0 saturated carbocycles. The third-order valence-corrected chi connectivity index (χ3v) is 2.45. The SMILES string of the molecule is CCN(CCOC)c1nnc(C(C)NC)o1. The minimum absolute atomic E-state index is 0.0716. The van der Waals surface area contributed by atoms with E-state index in [9.17, 15) is 0 Å². The highest BCUT2D eigenvalue weighted by molar-refractivity contribution is 5.23. The molecule has 1 aromatic rings. The van der Waals surface area contributed by atoms with Gasteiger partial charge in [0.2, 0.25) is 5.89 Å². The Morgan fingerprint density at radius 1 is 1.50 bits per heavy atom. The van der Waals surface area contributed by atoms with Gasteiger partial charge in [-0.25, -0.2) is 0 Å². The molecule has 0 spiro atoms. The van der Waals surface area contributed by atoms with Gasteiger partial charge in [0.1, 0.15) is 0 Å². The largest absolute Gasteiger partial charge is 0.406 e. The molecule has 0 aliphatic heterocycles. The van der Waals surface area contributed by atoms with Crippen LogP contribution in [0.5, 0.6) is 0 Å². The second-order valence-electron chi connectivity index (χ2n) is 3.51. The first-order valence-corrected chi connectivity index (χ1v) is 5.47. The molecule has 1 heterocycles. The Kier molecular flexibility index (Phi) is 5.21. The highest BCUT2D eigenvalue weighted by atomic mass is 16.5. The van der Waals surface area contributed by atoms with Gasteiger partial charge in [0.15, 0.2) is 0 Å². The van der Waals surface area contributed by atoms with E-state index >= 15 is 0 Å². The Morgan fingerprint density at radius 3 is 2.81 bits per heavy atom. The molecule has 0 aliphatic rings. The summed E-state index contributed by atoms with van der Waals surface area (Å²) in [6.45, 7) is 6.23. The van der Waals surface area contributed by atoms with E-state index in [1.54, 1.807) is 7.11 Å². The van der Waals surface area contributed by atoms with E-state index in [0.29, 0.717) is 18.5 Å². The van der Waals surface area contributed by atoms with Gasteiger partial charge in [-0.2, -0.15) is 0 Å². The average Bonchev–Trinajstić information content (AvgIpc) is 2.78. The Labute approximate surface area is 96.0 Å². The predicted molar refractivity (Wildman–Crippen MR) is 61.5 cm³/mol. The second-order valence-corrected chi connectivity index (χ2v) is 3.51. The van der Waals surface area contributed by atoms with Crippen molar-refractivity contribution < 1.29 is 9.15 Å². The lowest BCUT2D eigenvalue weighted by atomic mass is 10.3. The van der Waals surface area contributed by atoms with Gasteiger partial charge in [-0.3, -0.25) is 0 Å². The molecular weight excluding hydrogens is 208 g/mol. The maximum atomic E-state index is 5.57. The smallest absolute Gasteiger partial charge is 0.318 e. The normalized spacial score (nSPS) is 12.8. The molecule has 1 rings (SSSR count). The number of likely N-dealkylation sites (N-methyl/N-ethyl adjacent to an activating group) is 1. The summed E-state index contributed by atoms with van der Waals surface area (Å²) in [7, 11) is 3.53. The van der Waals surface area contributed by atoms with Crippen LogP contribution < -0.4 is 10.2 Å². The molecule has 1 aromatic heterocycles. The van der Waals surface area contributed by atoms with Gasteiger partial charge in [0, 0.05) is 20.2 Å². The zero-order valence-electron chi connectivity index (χ0n) is 10.4. The summed E-state index contributed by atoms with van der Waals surface area (Å²) in [5, 5.41) is 11.1. The van der Waals surface area contributed by atoms with Crippen LogP contribution in [-0.4, -0.2) is 44.1 Å². The van der Waals surface area contributed by atoms with Crippen LogP contribution >= 0.6 is 0 Å².